The van der Waals surface area contributed by atoms with E-state index >= 15 is 0 Å². The van der Waals surface area contributed by atoms with Crippen molar-refractivity contribution >= 4 is 16.7 Å². The van der Waals surface area contributed by atoms with Gasteiger partial charge in [0.1, 0.15) is 5.82 Å². The minimum absolute atomic E-state index is 0.329. The van der Waals surface area contributed by atoms with Gasteiger partial charge in [0.2, 0.25) is 0 Å². The zero-order valence-electron chi connectivity index (χ0n) is 14.7. The number of benzene rings is 1. The molecule has 1 saturated carbocycles. The summed E-state index contributed by atoms with van der Waals surface area (Å²) in [6.45, 7) is 1.65. The Kier molecular flexibility index (Phi) is 4.02. The summed E-state index contributed by atoms with van der Waals surface area (Å²) in [6.07, 6.45) is 8.77. The fourth-order valence-corrected chi connectivity index (χ4v) is 4.27. The number of morpholine rings is 1. The molecule has 0 spiro atoms. The maximum absolute atomic E-state index is 6.07. The van der Waals surface area contributed by atoms with E-state index in [0.29, 0.717) is 12.1 Å². The van der Waals surface area contributed by atoms with Crippen LogP contribution in [0.15, 0.2) is 48.8 Å². The summed E-state index contributed by atoms with van der Waals surface area (Å²) in [6, 6.07) is 12.7. The number of ether oxygens (including phenoxy) is 1. The quantitative estimate of drug-likeness (QED) is 0.706. The average molecular weight is 346 g/mol. The van der Waals surface area contributed by atoms with Crippen LogP contribution >= 0.6 is 0 Å². The van der Waals surface area contributed by atoms with Gasteiger partial charge in [-0.3, -0.25) is 4.98 Å². The summed E-state index contributed by atoms with van der Waals surface area (Å²) in [5.41, 5.74) is 1.99. The van der Waals surface area contributed by atoms with Crippen molar-refractivity contribution in [1.82, 2.24) is 15.0 Å². The number of anilines is 1. The van der Waals surface area contributed by atoms with Gasteiger partial charge in [-0.25, -0.2) is 9.97 Å². The van der Waals surface area contributed by atoms with Crippen LogP contribution in [0.3, 0.4) is 0 Å². The number of para-hydroxylation sites is 1. The molecular weight excluding hydrogens is 324 g/mol. The van der Waals surface area contributed by atoms with Crippen LogP contribution in [-0.2, 0) is 4.74 Å². The molecule has 2 aromatic heterocycles. The van der Waals surface area contributed by atoms with Gasteiger partial charge in [0, 0.05) is 29.9 Å². The average Bonchev–Trinajstić information content (AvgIpc) is 2.73. The van der Waals surface area contributed by atoms with Gasteiger partial charge < -0.3 is 9.64 Å². The van der Waals surface area contributed by atoms with E-state index < -0.39 is 0 Å². The molecular formula is C21H22N4O. The molecule has 3 aromatic rings. The summed E-state index contributed by atoms with van der Waals surface area (Å²) in [5.74, 6) is 1.81. The van der Waals surface area contributed by atoms with Crippen molar-refractivity contribution in [2.45, 2.75) is 37.8 Å². The second-order valence-electron chi connectivity index (χ2n) is 7.08. The van der Waals surface area contributed by atoms with E-state index in [0.717, 1.165) is 47.7 Å². The summed E-state index contributed by atoms with van der Waals surface area (Å²) in [5, 5.41) is 1.12. The lowest BCUT2D eigenvalue weighted by atomic mass is 9.90. The molecule has 0 amide bonds. The van der Waals surface area contributed by atoms with Crippen LogP contribution in [0.2, 0.25) is 0 Å². The monoisotopic (exact) mass is 346 g/mol. The van der Waals surface area contributed by atoms with E-state index in [9.17, 15) is 0 Å². The molecule has 5 heteroatoms. The highest BCUT2D eigenvalue weighted by molar-refractivity contribution is 5.91. The molecule has 0 N–H and O–H groups in total. The second kappa shape index (κ2) is 6.65. The molecule has 2 unspecified atom stereocenters. The Balaban J connectivity index is 1.66. The molecule has 1 aliphatic carbocycles. The van der Waals surface area contributed by atoms with Crippen molar-refractivity contribution < 1.29 is 4.74 Å². The van der Waals surface area contributed by atoms with Gasteiger partial charge >= 0.3 is 0 Å². The Morgan fingerprint density at radius 3 is 2.73 bits per heavy atom. The van der Waals surface area contributed by atoms with Gasteiger partial charge in [0.05, 0.1) is 24.3 Å². The number of rotatable bonds is 2. The molecule has 5 nitrogen and oxygen atoms in total. The van der Waals surface area contributed by atoms with Crippen molar-refractivity contribution in [2.24, 2.45) is 0 Å². The van der Waals surface area contributed by atoms with Crippen LogP contribution < -0.4 is 4.90 Å². The third-order valence-corrected chi connectivity index (χ3v) is 5.53. The first kappa shape index (κ1) is 15.7. The van der Waals surface area contributed by atoms with Gasteiger partial charge in [0.15, 0.2) is 5.82 Å². The number of aromatic nitrogens is 3. The van der Waals surface area contributed by atoms with Gasteiger partial charge in [-0.2, -0.15) is 0 Å². The third-order valence-electron chi connectivity index (χ3n) is 5.53. The fourth-order valence-electron chi connectivity index (χ4n) is 4.27. The van der Waals surface area contributed by atoms with E-state index in [2.05, 4.69) is 28.1 Å². The van der Waals surface area contributed by atoms with Crippen LogP contribution in [0.25, 0.3) is 22.3 Å². The highest BCUT2D eigenvalue weighted by Gasteiger charge is 2.35. The number of pyridine rings is 1. The molecule has 1 saturated heterocycles. The number of hydrogen-bond acceptors (Lipinski definition) is 5. The van der Waals surface area contributed by atoms with E-state index in [4.69, 9.17) is 14.7 Å². The highest BCUT2D eigenvalue weighted by atomic mass is 16.5. The molecule has 132 valence electrons. The first-order chi connectivity index (χ1) is 12.9. The summed E-state index contributed by atoms with van der Waals surface area (Å²) < 4.78 is 6.07. The molecule has 0 bridgehead atoms. The molecule has 2 atom stereocenters. The SMILES string of the molecule is c1ccc2c(N3CCOC4CCCCC43)nc(-c3ccncc3)nc2c1. The lowest BCUT2D eigenvalue weighted by Gasteiger charge is -2.44. The lowest BCUT2D eigenvalue weighted by molar-refractivity contribution is -0.00886. The van der Waals surface area contributed by atoms with Crippen molar-refractivity contribution in [2.75, 3.05) is 18.1 Å². The van der Waals surface area contributed by atoms with Crippen LogP contribution in [-0.4, -0.2) is 40.2 Å². The predicted molar refractivity (Wildman–Crippen MR) is 102 cm³/mol. The minimum Gasteiger partial charge on any atom is -0.374 e. The Morgan fingerprint density at radius 2 is 1.81 bits per heavy atom. The first-order valence-electron chi connectivity index (χ1n) is 9.45. The molecule has 26 heavy (non-hydrogen) atoms. The Morgan fingerprint density at radius 1 is 0.962 bits per heavy atom. The minimum atomic E-state index is 0.329. The third kappa shape index (κ3) is 2.72. The molecule has 2 fully saturated rings. The van der Waals surface area contributed by atoms with Crippen LogP contribution in [0.4, 0.5) is 5.82 Å². The Bertz CT molecular complexity index is 912. The molecule has 5 rings (SSSR count). The number of nitrogens with zero attached hydrogens (tertiary/aromatic N) is 4. The van der Waals surface area contributed by atoms with E-state index in [1.54, 1.807) is 12.4 Å². The Labute approximate surface area is 153 Å². The summed E-state index contributed by atoms with van der Waals surface area (Å²) in [4.78, 5) is 16.4. The Hall–Kier alpha value is -2.53. The van der Waals surface area contributed by atoms with Crippen molar-refractivity contribution in [3.05, 3.63) is 48.8 Å². The zero-order valence-corrected chi connectivity index (χ0v) is 14.7. The van der Waals surface area contributed by atoms with Crippen molar-refractivity contribution in [3.63, 3.8) is 0 Å². The number of fused-ring (bicyclic) bond motifs is 2. The van der Waals surface area contributed by atoms with Crippen molar-refractivity contribution in [3.8, 4) is 11.4 Å². The first-order valence-corrected chi connectivity index (χ1v) is 9.45. The standard InChI is InChI=1S/C21H22N4O/c1-2-6-17-16(5-1)21(24-20(23-17)15-9-11-22-12-10-15)25-13-14-26-19-8-4-3-7-18(19)25/h1-2,5-6,9-12,18-19H,3-4,7-8,13-14H2. The van der Waals surface area contributed by atoms with E-state index in [-0.39, 0.29) is 0 Å². The van der Waals surface area contributed by atoms with Gasteiger partial charge in [0.25, 0.3) is 0 Å². The topological polar surface area (TPSA) is 51.1 Å². The van der Waals surface area contributed by atoms with Crippen LogP contribution in [0, 0.1) is 0 Å². The highest BCUT2D eigenvalue weighted by Crippen LogP contribution is 2.35. The largest absolute Gasteiger partial charge is 0.374 e. The van der Waals surface area contributed by atoms with E-state index in [1.807, 2.05) is 18.2 Å². The lowest BCUT2D eigenvalue weighted by Crippen LogP contribution is -2.53. The predicted octanol–water partition coefficient (Wildman–Crippen LogP) is 3.84. The number of hydrogen-bond donors (Lipinski definition) is 0. The van der Waals surface area contributed by atoms with Crippen LogP contribution in [0.5, 0.6) is 0 Å². The normalized spacial score (nSPS) is 23.0. The molecule has 1 aliphatic heterocycles. The molecule has 2 aliphatic rings. The van der Waals surface area contributed by atoms with Gasteiger partial charge in [-0.15, -0.1) is 0 Å². The smallest absolute Gasteiger partial charge is 0.162 e. The second-order valence-corrected chi connectivity index (χ2v) is 7.08. The molecule has 1 aromatic carbocycles. The van der Waals surface area contributed by atoms with Crippen molar-refractivity contribution in [1.29, 1.82) is 0 Å². The maximum atomic E-state index is 6.07. The summed E-state index contributed by atoms with van der Waals surface area (Å²) in [7, 11) is 0. The fraction of sp³-hybridized carbons (Fsp3) is 0.381. The molecule has 3 heterocycles. The summed E-state index contributed by atoms with van der Waals surface area (Å²) >= 11 is 0. The maximum Gasteiger partial charge on any atom is 0.162 e. The van der Waals surface area contributed by atoms with Gasteiger partial charge in [-0.1, -0.05) is 25.0 Å². The van der Waals surface area contributed by atoms with Gasteiger partial charge in [-0.05, 0) is 37.1 Å². The zero-order chi connectivity index (χ0) is 17.3. The molecule has 0 radical (unpaired) electrons. The van der Waals surface area contributed by atoms with E-state index in [1.165, 1.54) is 19.3 Å². The van der Waals surface area contributed by atoms with Crippen LogP contribution in [0.1, 0.15) is 25.7 Å².